The first-order valence-corrected chi connectivity index (χ1v) is 2.86. The zero-order valence-corrected chi connectivity index (χ0v) is 5.33. The molecule has 0 saturated carbocycles. The molecule has 46 valence electrons. The lowest BCUT2D eigenvalue weighted by Crippen LogP contribution is -1.91. The van der Waals surface area contributed by atoms with Crippen molar-refractivity contribution in [1.82, 2.24) is 9.78 Å². The van der Waals surface area contributed by atoms with Crippen LogP contribution in [0.3, 0.4) is 0 Å². The minimum absolute atomic E-state index is 0.844. The Morgan fingerprint density at radius 2 is 2.67 bits per heavy atom. The summed E-state index contributed by atoms with van der Waals surface area (Å²) in [6, 6.07) is 0. The molecule has 0 bridgehead atoms. The number of rotatable bonds is 1. The molecule has 0 aromatic carbocycles. The van der Waals surface area contributed by atoms with Crippen molar-refractivity contribution in [2.45, 2.75) is 13.5 Å². The Morgan fingerprint density at radius 1 is 1.89 bits per heavy atom. The van der Waals surface area contributed by atoms with Gasteiger partial charge in [0, 0.05) is 12.7 Å². The largest absolute Gasteiger partial charge is 0.272 e. The van der Waals surface area contributed by atoms with E-state index in [1.807, 2.05) is 13.1 Å². The molecule has 0 aliphatic rings. The lowest BCUT2D eigenvalue weighted by molar-refractivity contribution is 0.660. The van der Waals surface area contributed by atoms with Gasteiger partial charge in [-0.25, -0.2) is 0 Å². The van der Waals surface area contributed by atoms with E-state index in [0.717, 1.165) is 12.1 Å². The molecule has 0 unspecified atom stereocenters. The lowest BCUT2D eigenvalue weighted by atomic mass is 10.4. The second kappa shape index (κ2) is 2.36. The molecule has 0 N–H and O–H groups in total. The van der Waals surface area contributed by atoms with Gasteiger partial charge in [-0.3, -0.25) is 4.68 Å². The molecule has 2 nitrogen and oxygen atoms in total. The van der Waals surface area contributed by atoms with Crippen LogP contribution in [0.2, 0.25) is 0 Å². The minimum atomic E-state index is 0.844. The Labute approximate surface area is 54.5 Å². The third-order valence-electron chi connectivity index (χ3n) is 1.12. The predicted octanol–water partition coefficient (Wildman–Crippen LogP) is 0.884. The number of nitrogens with zero attached hydrogens (tertiary/aromatic N) is 2. The van der Waals surface area contributed by atoms with Crippen LogP contribution in [0.25, 0.3) is 0 Å². The van der Waals surface area contributed by atoms with Crippen molar-refractivity contribution in [2.24, 2.45) is 0 Å². The normalized spacial score (nSPS) is 8.89. The summed E-state index contributed by atoms with van der Waals surface area (Å²) in [4.78, 5) is 0. The zero-order chi connectivity index (χ0) is 6.69. The summed E-state index contributed by atoms with van der Waals surface area (Å²) in [6.07, 6.45) is 8.65. The lowest BCUT2D eigenvalue weighted by Gasteiger charge is -1.88. The fourth-order valence-corrected chi connectivity index (χ4v) is 0.611. The van der Waals surface area contributed by atoms with Gasteiger partial charge in [0.25, 0.3) is 0 Å². The monoisotopic (exact) mass is 120 g/mol. The molecule has 0 aliphatic carbocycles. The van der Waals surface area contributed by atoms with Crippen molar-refractivity contribution < 1.29 is 0 Å². The zero-order valence-electron chi connectivity index (χ0n) is 5.33. The minimum Gasteiger partial charge on any atom is -0.272 e. The van der Waals surface area contributed by atoms with E-state index in [2.05, 4.69) is 11.0 Å². The number of aryl methyl sites for hydroxylation is 1. The average molecular weight is 120 g/mol. The van der Waals surface area contributed by atoms with Crippen LogP contribution in [0, 0.1) is 12.3 Å². The van der Waals surface area contributed by atoms with E-state index in [0.29, 0.717) is 0 Å². The quantitative estimate of drug-likeness (QED) is 0.503. The molecule has 1 aromatic rings. The number of hydrogen-bond acceptors (Lipinski definition) is 1. The summed E-state index contributed by atoms with van der Waals surface area (Å²) in [6.45, 7) is 2.90. The molecule has 0 fully saturated rings. The first-order valence-electron chi connectivity index (χ1n) is 2.86. The Bertz CT molecular complexity index is 229. The van der Waals surface area contributed by atoms with Crippen molar-refractivity contribution >= 4 is 0 Å². The van der Waals surface area contributed by atoms with Crippen molar-refractivity contribution in [3.8, 4) is 12.3 Å². The van der Waals surface area contributed by atoms with Crippen LogP contribution >= 0.6 is 0 Å². The molecule has 1 rings (SSSR count). The number of aromatic nitrogens is 2. The van der Waals surface area contributed by atoms with Crippen LogP contribution in [-0.4, -0.2) is 9.78 Å². The SMILES string of the molecule is C#Cc1cnn(CC)c1. The topological polar surface area (TPSA) is 17.8 Å². The van der Waals surface area contributed by atoms with Crippen LogP contribution in [-0.2, 0) is 6.54 Å². The number of hydrogen-bond donors (Lipinski definition) is 0. The standard InChI is InChI=1S/C7H8N2/c1-3-7-5-8-9(4-2)6-7/h1,5-6H,4H2,2H3. The van der Waals surface area contributed by atoms with Crippen molar-refractivity contribution in [1.29, 1.82) is 0 Å². The van der Waals surface area contributed by atoms with E-state index in [4.69, 9.17) is 6.42 Å². The molecule has 1 aromatic heterocycles. The van der Waals surface area contributed by atoms with Crippen LogP contribution in [0.4, 0.5) is 0 Å². The van der Waals surface area contributed by atoms with Crippen molar-refractivity contribution in [3.63, 3.8) is 0 Å². The van der Waals surface area contributed by atoms with Gasteiger partial charge in [0.15, 0.2) is 0 Å². The average Bonchev–Trinajstić information content (AvgIpc) is 2.34. The summed E-state index contributed by atoms with van der Waals surface area (Å²) in [5.74, 6) is 2.50. The van der Waals surface area contributed by atoms with Gasteiger partial charge in [-0.2, -0.15) is 5.10 Å². The highest BCUT2D eigenvalue weighted by atomic mass is 15.3. The van der Waals surface area contributed by atoms with Crippen molar-refractivity contribution in [3.05, 3.63) is 18.0 Å². The van der Waals surface area contributed by atoms with Crippen LogP contribution in [0.5, 0.6) is 0 Å². The van der Waals surface area contributed by atoms with Gasteiger partial charge in [0.1, 0.15) is 0 Å². The maximum atomic E-state index is 5.11. The summed E-state index contributed by atoms with van der Waals surface area (Å²) >= 11 is 0. The van der Waals surface area contributed by atoms with Gasteiger partial charge >= 0.3 is 0 Å². The van der Waals surface area contributed by atoms with Crippen molar-refractivity contribution in [2.75, 3.05) is 0 Å². The van der Waals surface area contributed by atoms with Crippen LogP contribution < -0.4 is 0 Å². The first-order chi connectivity index (χ1) is 4.36. The summed E-state index contributed by atoms with van der Waals surface area (Å²) in [5.41, 5.74) is 0.844. The second-order valence-corrected chi connectivity index (χ2v) is 1.73. The highest BCUT2D eigenvalue weighted by molar-refractivity contribution is 5.25. The summed E-state index contributed by atoms with van der Waals surface area (Å²) < 4.78 is 1.80. The fourth-order valence-electron chi connectivity index (χ4n) is 0.611. The van der Waals surface area contributed by atoms with Crippen LogP contribution in [0.15, 0.2) is 12.4 Å². The Morgan fingerprint density at radius 3 is 3.00 bits per heavy atom. The van der Waals surface area contributed by atoms with E-state index < -0.39 is 0 Å². The highest BCUT2D eigenvalue weighted by Gasteiger charge is 1.89. The van der Waals surface area contributed by atoms with Gasteiger partial charge in [0.2, 0.25) is 0 Å². The molecule has 0 spiro atoms. The molecule has 0 saturated heterocycles. The molecular weight excluding hydrogens is 112 g/mol. The first kappa shape index (κ1) is 5.90. The Kier molecular flexibility index (Phi) is 1.55. The molecule has 1 heterocycles. The number of terminal acetylenes is 1. The highest BCUT2D eigenvalue weighted by Crippen LogP contribution is 1.92. The summed E-state index contributed by atoms with van der Waals surface area (Å²) in [5, 5.41) is 3.98. The fraction of sp³-hybridized carbons (Fsp3) is 0.286. The van der Waals surface area contributed by atoms with Gasteiger partial charge < -0.3 is 0 Å². The molecule has 0 amide bonds. The molecule has 0 radical (unpaired) electrons. The van der Waals surface area contributed by atoms with E-state index in [9.17, 15) is 0 Å². The maximum Gasteiger partial charge on any atom is 0.0646 e. The maximum absolute atomic E-state index is 5.11. The van der Waals surface area contributed by atoms with Gasteiger partial charge in [-0.15, -0.1) is 6.42 Å². The third kappa shape index (κ3) is 1.11. The van der Waals surface area contributed by atoms with E-state index >= 15 is 0 Å². The van der Waals surface area contributed by atoms with E-state index in [1.54, 1.807) is 10.9 Å². The van der Waals surface area contributed by atoms with Gasteiger partial charge in [-0.05, 0) is 6.92 Å². The van der Waals surface area contributed by atoms with Crippen LogP contribution in [0.1, 0.15) is 12.5 Å². The molecule has 0 atom stereocenters. The molecule has 0 aliphatic heterocycles. The Balaban J connectivity index is 2.90. The van der Waals surface area contributed by atoms with E-state index in [-0.39, 0.29) is 0 Å². The third-order valence-corrected chi connectivity index (χ3v) is 1.12. The smallest absolute Gasteiger partial charge is 0.0646 e. The molecule has 2 heteroatoms. The second-order valence-electron chi connectivity index (χ2n) is 1.73. The molecule has 9 heavy (non-hydrogen) atoms. The molecular formula is C7H8N2. The summed E-state index contributed by atoms with van der Waals surface area (Å²) in [7, 11) is 0. The van der Waals surface area contributed by atoms with E-state index in [1.165, 1.54) is 0 Å². The predicted molar refractivity (Wildman–Crippen MR) is 35.8 cm³/mol. The Hall–Kier alpha value is -1.23. The van der Waals surface area contributed by atoms with Gasteiger partial charge in [0.05, 0.1) is 11.8 Å². The van der Waals surface area contributed by atoms with Gasteiger partial charge in [-0.1, -0.05) is 5.92 Å².